The molecule has 0 aromatic heterocycles. The van der Waals surface area contributed by atoms with Crippen LogP contribution in [0.5, 0.6) is 5.75 Å². The molecule has 2 aliphatic heterocycles. The number of rotatable bonds is 3. The van der Waals surface area contributed by atoms with Crippen LogP contribution in [-0.4, -0.2) is 42.3 Å². The molecular formula is C21H22N2O3. The monoisotopic (exact) mass is 350 g/mol. The molecule has 5 nitrogen and oxygen atoms in total. The van der Waals surface area contributed by atoms with Crippen molar-refractivity contribution in [2.45, 2.75) is 24.9 Å². The molecule has 2 aromatic carbocycles. The molecule has 0 saturated carbocycles. The number of hydrogen-bond donors (Lipinski definition) is 0. The standard InChI is InChI=1S/C21H22N2O3/c1-25-18-9-7-17(8-10-18)20(24)23-13-11-21(12-14-23)15-19(22-26-21)16-5-3-2-4-6-16/h2-10H,11-15H2,1H3. The van der Waals surface area contributed by atoms with Crippen LogP contribution >= 0.6 is 0 Å². The van der Waals surface area contributed by atoms with E-state index < -0.39 is 0 Å². The summed E-state index contributed by atoms with van der Waals surface area (Å²) in [6.45, 7) is 1.37. The number of oxime groups is 1. The number of hydrogen-bond acceptors (Lipinski definition) is 4. The van der Waals surface area contributed by atoms with Gasteiger partial charge in [0.15, 0.2) is 0 Å². The minimum absolute atomic E-state index is 0.0599. The number of carbonyl (C=O) groups is 1. The third-order valence-electron chi connectivity index (χ3n) is 5.24. The third-order valence-corrected chi connectivity index (χ3v) is 5.24. The van der Waals surface area contributed by atoms with Gasteiger partial charge >= 0.3 is 0 Å². The first-order valence-electron chi connectivity index (χ1n) is 8.93. The Balaban J connectivity index is 1.38. The number of piperidine rings is 1. The molecule has 4 rings (SSSR count). The molecule has 2 aliphatic rings. The average Bonchev–Trinajstić information content (AvgIpc) is 3.12. The number of likely N-dealkylation sites (tertiary alicyclic amines) is 1. The van der Waals surface area contributed by atoms with Gasteiger partial charge in [-0.15, -0.1) is 0 Å². The molecular weight excluding hydrogens is 328 g/mol. The first-order chi connectivity index (χ1) is 12.7. The van der Waals surface area contributed by atoms with E-state index in [1.54, 1.807) is 7.11 Å². The minimum atomic E-state index is -0.262. The summed E-state index contributed by atoms with van der Waals surface area (Å²) in [4.78, 5) is 20.4. The van der Waals surface area contributed by atoms with E-state index in [1.165, 1.54) is 0 Å². The highest BCUT2D eigenvalue weighted by atomic mass is 16.7. The summed E-state index contributed by atoms with van der Waals surface area (Å²) in [5, 5.41) is 4.33. The predicted octanol–water partition coefficient (Wildman–Crippen LogP) is 3.49. The summed E-state index contributed by atoms with van der Waals surface area (Å²) in [5.74, 6) is 0.814. The van der Waals surface area contributed by atoms with E-state index in [4.69, 9.17) is 9.57 Å². The SMILES string of the molecule is COc1ccc(C(=O)N2CCC3(CC2)CC(c2ccccc2)=NO3)cc1. The molecule has 1 saturated heterocycles. The smallest absolute Gasteiger partial charge is 0.253 e. The second-order valence-corrected chi connectivity index (χ2v) is 6.88. The lowest BCUT2D eigenvalue weighted by Gasteiger charge is -2.37. The molecule has 5 heteroatoms. The van der Waals surface area contributed by atoms with Gasteiger partial charge in [0.2, 0.25) is 0 Å². The summed E-state index contributed by atoms with van der Waals surface area (Å²) in [7, 11) is 1.62. The number of benzene rings is 2. The summed E-state index contributed by atoms with van der Waals surface area (Å²) < 4.78 is 5.15. The Kier molecular flexibility index (Phi) is 4.37. The maximum atomic E-state index is 12.7. The lowest BCUT2D eigenvalue weighted by Crippen LogP contribution is -2.46. The molecule has 0 bridgehead atoms. The number of amides is 1. The first-order valence-corrected chi connectivity index (χ1v) is 8.93. The zero-order valence-corrected chi connectivity index (χ0v) is 14.9. The van der Waals surface area contributed by atoms with E-state index in [0.29, 0.717) is 18.7 Å². The fourth-order valence-electron chi connectivity index (χ4n) is 3.61. The van der Waals surface area contributed by atoms with Gasteiger partial charge < -0.3 is 14.5 Å². The zero-order chi connectivity index (χ0) is 18.0. The number of methoxy groups -OCH3 is 1. The van der Waals surface area contributed by atoms with Crippen molar-refractivity contribution in [3.63, 3.8) is 0 Å². The van der Waals surface area contributed by atoms with Gasteiger partial charge in [0.1, 0.15) is 11.4 Å². The highest BCUT2D eigenvalue weighted by molar-refractivity contribution is 6.01. The van der Waals surface area contributed by atoms with Crippen LogP contribution in [0.3, 0.4) is 0 Å². The number of carbonyl (C=O) groups excluding carboxylic acids is 1. The molecule has 0 aliphatic carbocycles. The normalized spacial score (nSPS) is 18.3. The van der Waals surface area contributed by atoms with Gasteiger partial charge in [0, 0.05) is 37.9 Å². The molecule has 0 radical (unpaired) electrons. The van der Waals surface area contributed by atoms with E-state index in [1.807, 2.05) is 47.4 Å². The molecule has 1 fully saturated rings. The second kappa shape index (κ2) is 6.83. The Labute approximate surface area is 153 Å². The molecule has 2 aromatic rings. The predicted molar refractivity (Wildman–Crippen MR) is 99.5 cm³/mol. The van der Waals surface area contributed by atoms with Crippen molar-refractivity contribution in [3.8, 4) is 5.75 Å². The Morgan fingerprint density at radius 2 is 1.77 bits per heavy atom. The van der Waals surface area contributed by atoms with Crippen LogP contribution in [0.25, 0.3) is 0 Å². The van der Waals surface area contributed by atoms with Crippen molar-refractivity contribution in [1.29, 1.82) is 0 Å². The Morgan fingerprint density at radius 1 is 1.08 bits per heavy atom. The number of ether oxygens (including phenoxy) is 1. The van der Waals surface area contributed by atoms with Crippen LogP contribution in [0.2, 0.25) is 0 Å². The van der Waals surface area contributed by atoms with Gasteiger partial charge in [-0.3, -0.25) is 4.79 Å². The molecule has 26 heavy (non-hydrogen) atoms. The number of nitrogens with zero attached hydrogens (tertiary/aromatic N) is 2. The van der Waals surface area contributed by atoms with Crippen LogP contribution in [-0.2, 0) is 4.84 Å². The van der Waals surface area contributed by atoms with Crippen LogP contribution < -0.4 is 4.74 Å². The molecule has 0 atom stereocenters. The van der Waals surface area contributed by atoms with Gasteiger partial charge in [0.25, 0.3) is 5.91 Å². The van der Waals surface area contributed by atoms with Crippen LogP contribution in [0.4, 0.5) is 0 Å². The summed E-state index contributed by atoms with van der Waals surface area (Å²) in [6.07, 6.45) is 2.41. The highest BCUT2D eigenvalue weighted by Gasteiger charge is 2.43. The summed E-state index contributed by atoms with van der Waals surface area (Å²) in [5.41, 5.74) is 2.54. The van der Waals surface area contributed by atoms with Gasteiger partial charge in [-0.05, 0) is 29.8 Å². The average molecular weight is 350 g/mol. The van der Waals surface area contributed by atoms with Gasteiger partial charge in [0.05, 0.1) is 12.8 Å². The van der Waals surface area contributed by atoms with Crippen molar-refractivity contribution < 1.29 is 14.4 Å². The van der Waals surface area contributed by atoms with Crippen molar-refractivity contribution in [2.24, 2.45) is 5.16 Å². The second-order valence-electron chi connectivity index (χ2n) is 6.88. The highest BCUT2D eigenvalue weighted by Crippen LogP contribution is 2.36. The van der Waals surface area contributed by atoms with Crippen LogP contribution in [0, 0.1) is 0 Å². The van der Waals surface area contributed by atoms with Crippen molar-refractivity contribution in [2.75, 3.05) is 20.2 Å². The first kappa shape index (κ1) is 16.6. The largest absolute Gasteiger partial charge is 0.497 e. The lowest BCUT2D eigenvalue weighted by molar-refractivity contribution is -0.0568. The molecule has 1 spiro atoms. The molecule has 1 amide bonds. The third kappa shape index (κ3) is 3.17. The van der Waals surface area contributed by atoms with E-state index in [0.717, 1.165) is 36.3 Å². The molecule has 2 heterocycles. The van der Waals surface area contributed by atoms with E-state index in [9.17, 15) is 4.79 Å². The quantitative estimate of drug-likeness (QED) is 0.851. The van der Waals surface area contributed by atoms with Gasteiger partial charge in [-0.1, -0.05) is 35.5 Å². The Bertz CT molecular complexity index is 807. The minimum Gasteiger partial charge on any atom is -0.497 e. The zero-order valence-electron chi connectivity index (χ0n) is 14.9. The Morgan fingerprint density at radius 3 is 2.42 bits per heavy atom. The van der Waals surface area contributed by atoms with Crippen molar-refractivity contribution in [3.05, 3.63) is 65.7 Å². The topological polar surface area (TPSA) is 51.1 Å². The summed E-state index contributed by atoms with van der Waals surface area (Å²) >= 11 is 0. The van der Waals surface area contributed by atoms with Crippen LogP contribution in [0.1, 0.15) is 35.2 Å². The fraction of sp³-hybridized carbons (Fsp3) is 0.333. The molecule has 0 N–H and O–H groups in total. The van der Waals surface area contributed by atoms with Gasteiger partial charge in [-0.2, -0.15) is 0 Å². The van der Waals surface area contributed by atoms with Crippen LogP contribution in [0.15, 0.2) is 59.8 Å². The van der Waals surface area contributed by atoms with E-state index >= 15 is 0 Å². The van der Waals surface area contributed by atoms with Crippen molar-refractivity contribution in [1.82, 2.24) is 4.90 Å². The van der Waals surface area contributed by atoms with Crippen molar-refractivity contribution >= 4 is 11.6 Å². The Hall–Kier alpha value is -2.82. The fourth-order valence-corrected chi connectivity index (χ4v) is 3.61. The summed E-state index contributed by atoms with van der Waals surface area (Å²) in [6, 6.07) is 17.4. The maximum Gasteiger partial charge on any atom is 0.253 e. The maximum absolute atomic E-state index is 12.7. The van der Waals surface area contributed by atoms with Gasteiger partial charge in [-0.25, -0.2) is 0 Å². The lowest BCUT2D eigenvalue weighted by atomic mass is 9.85. The van der Waals surface area contributed by atoms with E-state index in [-0.39, 0.29) is 11.5 Å². The molecule has 0 unspecified atom stereocenters. The van der Waals surface area contributed by atoms with E-state index in [2.05, 4.69) is 17.3 Å². The molecule has 134 valence electrons.